The molecule has 0 amide bonds. The number of nitrogens with one attached hydrogen (secondary N) is 1. The van der Waals surface area contributed by atoms with E-state index in [1.165, 1.54) is 34.7 Å². The normalized spacial score (nSPS) is 20.3. The van der Waals surface area contributed by atoms with E-state index in [1.54, 1.807) is 11.3 Å². The van der Waals surface area contributed by atoms with Crippen LogP contribution in [-0.4, -0.2) is 22.5 Å². The number of nitrogens with zero attached hydrogens (tertiary/aromatic N) is 1. The van der Waals surface area contributed by atoms with Gasteiger partial charge < -0.3 is 5.32 Å². The zero-order chi connectivity index (χ0) is 12.2. The lowest BCUT2D eigenvalue weighted by atomic mass is 10.2. The summed E-state index contributed by atoms with van der Waals surface area (Å²) in [5.41, 5.74) is 1.13. The van der Waals surface area contributed by atoms with Gasteiger partial charge in [-0.2, -0.15) is 11.8 Å². The molecule has 1 aliphatic rings. The Labute approximate surface area is 116 Å². The molecule has 1 aliphatic heterocycles. The van der Waals surface area contributed by atoms with Crippen molar-refractivity contribution in [1.29, 1.82) is 0 Å². The van der Waals surface area contributed by atoms with Crippen molar-refractivity contribution in [1.82, 2.24) is 10.3 Å². The number of aromatic nitrogens is 1. The molecule has 0 spiro atoms. The highest BCUT2D eigenvalue weighted by Crippen LogP contribution is 2.25. The molecule has 1 unspecified atom stereocenters. The van der Waals surface area contributed by atoms with Crippen molar-refractivity contribution in [3.8, 4) is 0 Å². The van der Waals surface area contributed by atoms with E-state index >= 15 is 0 Å². The van der Waals surface area contributed by atoms with Gasteiger partial charge in [-0.1, -0.05) is 18.6 Å². The average Bonchev–Trinajstić information content (AvgIpc) is 2.82. The Morgan fingerprint density at radius 1 is 1.28 bits per heavy atom. The fraction of sp³-hybridized carbons (Fsp3) is 0.500. The number of thiazole rings is 1. The van der Waals surface area contributed by atoms with Gasteiger partial charge in [-0.25, -0.2) is 4.98 Å². The van der Waals surface area contributed by atoms with Gasteiger partial charge in [0.25, 0.3) is 0 Å². The number of hydrogen-bond acceptors (Lipinski definition) is 4. The lowest BCUT2D eigenvalue weighted by Gasteiger charge is -2.21. The summed E-state index contributed by atoms with van der Waals surface area (Å²) in [6.45, 7) is 2.04. The van der Waals surface area contributed by atoms with Crippen molar-refractivity contribution < 1.29 is 0 Å². The van der Waals surface area contributed by atoms with Crippen LogP contribution in [0.25, 0.3) is 10.2 Å². The molecule has 3 rings (SSSR count). The molecule has 96 valence electrons. The Morgan fingerprint density at radius 3 is 3.06 bits per heavy atom. The maximum absolute atomic E-state index is 4.64. The molecule has 1 aromatic heterocycles. The van der Waals surface area contributed by atoms with Crippen LogP contribution in [0.3, 0.4) is 0 Å². The molecular weight excluding hydrogens is 260 g/mol. The van der Waals surface area contributed by atoms with Gasteiger partial charge in [-0.05, 0) is 30.7 Å². The summed E-state index contributed by atoms with van der Waals surface area (Å²) in [7, 11) is 0. The van der Waals surface area contributed by atoms with E-state index in [0.29, 0.717) is 0 Å². The highest BCUT2D eigenvalue weighted by atomic mass is 32.2. The molecule has 0 bridgehead atoms. The van der Waals surface area contributed by atoms with Gasteiger partial charge in [-0.3, -0.25) is 0 Å². The zero-order valence-electron chi connectivity index (χ0n) is 10.4. The van der Waals surface area contributed by atoms with Crippen molar-refractivity contribution in [2.24, 2.45) is 0 Å². The van der Waals surface area contributed by atoms with Crippen LogP contribution in [0.1, 0.15) is 24.3 Å². The predicted molar refractivity (Wildman–Crippen MR) is 81.4 cm³/mol. The number of benzene rings is 1. The van der Waals surface area contributed by atoms with Crippen LogP contribution in [0.4, 0.5) is 0 Å². The van der Waals surface area contributed by atoms with Crippen LogP contribution in [0.15, 0.2) is 24.3 Å². The molecule has 1 saturated heterocycles. The largest absolute Gasteiger partial charge is 0.309 e. The number of fused-ring (bicyclic) bond motifs is 1. The summed E-state index contributed by atoms with van der Waals surface area (Å²) >= 11 is 3.93. The van der Waals surface area contributed by atoms with E-state index in [1.807, 2.05) is 0 Å². The van der Waals surface area contributed by atoms with Crippen LogP contribution in [0.5, 0.6) is 0 Å². The van der Waals surface area contributed by atoms with Gasteiger partial charge in [0, 0.05) is 18.3 Å². The first-order valence-electron chi connectivity index (χ1n) is 6.58. The summed E-state index contributed by atoms with van der Waals surface area (Å²) in [6.07, 6.45) is 4.18. The van der Waals surface area contributed by atoms with Gasteiger partial charge in [-0.15, -0.1) is 11.3 Å². The number of hydrogen-bond donors (Lipinski definition) is 1. The first-order valence-corrected chi connectivity index (χ1v) is 8.45. The van der Waals surface area contributed by atoms with Crippen LogP contribution < -0.4 is 5.32 Å². The van der Waals surface area contributed by atoms with Crippen molar-refractivity contribution in [3.05, 3.63) is 29.3 Å². The maximum Gasteiger partial charge on any atom is 0.108 e. The summed E-state index contributed by atoms with van der Waals surface area (Å²) in [5, 5.41) is 5.58. The van der Waals surface area contributed by atoms with Crippen molar-refractivity contribution in [2.45, 2.75) is 31.1 Å². The SMILES string of the molecule is c1ccc2sc(CNCC3CCCCS3)nc2c1. The summed E-state index contributed by atoms with van der Waals surface area (Å²) in [5.74, 6) is 1.34. The third-order valence-electron chi connectivity index (χ3n) is 3.26. The van der Waals surface area contributed by atoms with E-state index in [2.05, 4.69) is 46.3 Å². The first kappa shape index (κ1) is 12.5. The van der Waals surface area contributed by atoms with Crippen molar-refractivity contribution in [2.75, 3.05) is 12.3 Å². The molecule has 1 atom stereocenters. The first-order chi connectivity index (χ1) is 8.92. The van der Waals surface area contributed by atoms with Gasteiger partial charge in [0.1, 0.15) is 5.01 Å². The maximum atomic E-state index is 4.64. The van der Waals surface area contributed by atoms with Gasteiger partial charge >= 0.3 is 0 Å². The molecule has 2 nitrogen and oxygen atoms in total. The molecule has 2 heterocycles. The second-order valence-electron chi connectivity index (χ2n) is 4.69. The van der Waals surface area contributed by atoms with E-state index in [-0.39, 0.29) is 0 Å². The highest BCUT2D eigenvalue weighted by molar-refractivity contribution is 7.99. The fourth-order valence-corrected chi connectivity index (χ4v) is 4.51. The smallest absolute Gasteiger partial charge is 0.108 e. The monoisotopic (exact) mass is 278 g/mol. The number of para-hydroxylation sites is 1. The minimum atomic E-state index is 0.813. The van der Waals surface area contributed by atoms with E-state index < -0.39 is 0 Å². The Balaban J connectivity index is 1.53. The van der Waals surface area contributed by atoms with Gasteiger partial charge in [0.05, 0.1) is 10.2 Å². The summed E-state index contributed by atoms with van der Waals surface area (Å²) < 4.78 is 1.29. The second-order valence-corrected chi connectivity index (χ2v) is 7.22. The fourth-order valence-electron chi connectivity index (χ4n) is 2.30. The Kier molecular flexibility index (Phi) is 4.18. The topological polar surface area (TPSA) is 24.9 Å². The quantitative estimate of drug-likeness (QED) is 0.923. The third kappa shape index (κ3) is 3.05. The van der Waals surface area contributed by atoms with Crippen LogP contribution >= 0.6 is 23.1 Å². The van der Waals surface area contributed by atoms with E-state index in [0.717, 1.165) is 23.9 Å². The molecule has 0 radical (unpaired) electrons. The van der Waals surface area contributed by atoms with Gasteiger partial charge in [0.2, 0.25) is 0 Å². The minimum Gasteiger partial charge on any atom is -0.309 e. The lowest BCUT2D eigenvalue weighted by molar-refractivity contribution is 0.597. The van der Waals surface area contributed by atoms with E-state index in [4.69, 9.17) is 0 Å². The average molecular weight is 278 g/mol. The number of rotatable bonds is 4. The highest BCUT2D eigenvalue weighted by Gasteiger charge is 2.13. The zero-order valence-corrected chi connectivity index (χ0v) is 12.0. The lowest BCUT2D eigenvalue weighted by Crippen LogP contribution is -2.26. The Bertz CT molecular complexity index is 470. The molecule has 0 aliphatic carbocycles. The summed E-state index contributed by atoms with van der Waals surface area (Å²) in [6, 6.07) is 8.37. The summed E-state index contributed by atoms with van der Waals surface area (Å²) in [4.78, 5) is 4.64. The molecule has 2 aromatic rings. The third-order valence-corrected chi connectivity index (χ3v) is 5.69. The van der Waals surface area contributed by atoms with Crippen LogP contribution in [0.2, 0.25) is 0 Å². The molecule has 1 aromatic carbocycles. The van der Waals surface area contributed by atoms with E-state index in [9.17, 15) is 0 Å². The predicted octanol–water partition coefficient (Wildman–Crippen LogP) is 3.67. The molecule has 18 heavy (non-hydrogen) atoms. The Hall–Kier alpha value is -0.580. The molecule has 1 fully saturated rings. The van der Waals surface area contributed by atoms with Gasteiger partial charge in [0.15, 0.2) is 0 Å². The van der Waals surface area contributed by atoms with Crippen molar-refractivity contribution >= 4 is 33.3 Å². The van der Waals surface area contributed by atoms with Crippen molar-refractivity contribution in [3.63, 3.8) is 0 Å². The molecule has 4 heteroatoms. The van der Waals surface area contributed by atoms with Crippen LogP contribution in [0, 0.1) is 0 Å². The standard InChI is InChI=1S/C14H18N2S2/c1-2-7-13-12(6-1)16-14(18-13)10-15-9-11-5-3-4-8-17-11/h1-2,6-7,11,15H,3-5,8-10H2. The molecule has 1 N–H and O–H groups in total. The molecule has 0 saturated carbocycles. The Morgan fingerprint density at radius 2 is 2.22 bits per heavy atom. The van der Waals surface area contributed by atoms with Crippen LogP contribution in [-0.2, 0) is 6.54 Å². The second kappa shape index (κ2) is 6.04. The minimum absolute atomic E-state index is 0.813. The molecular formula is C14H18N2S2. The number of thioether (sulfide) groups is 1.